The average molecular weight is 546 g/mol. The van der Waals surface area contributed by atoms with Gasteiger partial charge in [-0.25, -0.2) is 19.9 Å². The van der Waals surface area contributed by atoms with E-state index in [1.807, 2.05) is 63.4 Å². The Morgan fingerprint density at radius 3 is 2.50 bits per heavy atom. The Hall–Kier alpha value is -3.59. The maximum Gasteiger partial charge on any atom is 0.165 e. The molecule has 0 spiro atoms. The molecule has 0 aliphatic carbocycles. The van der Waals surface area contributed by atoms with Crippen LogP contribution in [-0.4, -0.2) is 44.3 Å². The molecular weight excluding hydrogens is 518 g/mol. The normalized spacial score (nSPS) is 14.2. The third kappa shape index (κ3) is 5.31. The van der Waals surface area contributed by atoms with Crippen molar-refractivity contribution in [1.82, 2.24) is 19.9 Å². The molecule has 0 saturated carbocycles. The Bertz CT molecular complexity index is 1420. The maximum atomic E-state index is 6.24. The summed E-state index contributed by atoms with van der Waals surface area (Å²) in [5.74, 6) is 1.34. The number of hydrogen-bond donors (Lipinski definition) is 1. The van der Waals surface area contributed by atoms with Crippen molar-refractivity contribution < 1.29 is 4.84 Å². The summed E-state index contributed by atoms with van der Waals surface area (Å²) in [6.07, 6.45) is 5.04. The van der Waals surface area contributed by atoms with Gasteiger partial charge < -0.3 is 15.5 Å². The van der Waals surface area contributed by atoms with Crippen molar-refractivity contribution in [2.24, 2.45) is 5.16 Å². The van der Waals surface area contributed by atoms with E-state index < -0.39 is 0 Å². The van der Waals surface area contributed by atoms with Crippen LogP contribution in [0, 0.1) is 0 Å². The second-order valence-electron chi connectivity index (χ2n) is 9.78. The quantitative estimate of drug-likeness (QED) is 0.320. The third-order valence-electron chi connectivity index (χ3n) is 5.93. The molecule has 4 heterocycles. The molecule has 9 heteroatoms. The van der Waals surface area contributed by atoms with Crippen LogP contribution < -0.4 is 10.6 Å². The fourth-order valence-corrected chi connectivity index (χ4v) is 4.53. The SMILES string of the molecule is CC(C)(C)ON=C1CCN(c2ccc(-c3cc(-c4cccc(Br)c4)c4c(N)ncnc4n3)cn2)CC1. The van der Waals surface area contributed by atoms with Crippen LogP contribution in [-0.2, 0) is 4.84 Å². The molecule has 0 amide bonds. The Morgan fingerprint density at radius 1 is 1.00 bits per heavy atom. The van der Waals surface area contributed by atoms with Gasteiger partial charge in [-0.15, -0.1) is 0 Å². The van der Waals surface area contributed by atoms with E-state index >= 15 is 0 Å². The number of benzene rings is 1. The third-order valence-corrected chi connectivity index (χ3v) is 6.42. The lowest BCUT2D eigenvalue weighted by molar-refractivity contribution is 0.000117. The van der Waals surface area contributed by atoms with Gasteiger partial charge in [-0.2, -0.15) is 0 Å². The van der Waals surface area contributed by atoms with E-state index in [4.69, 9.17) is 20.5 Å². The zero-order valence-electron chi connectivity index (χ0n) is 20.6. The summed E-state index contributed by atoms with van der Waals surface area (Å²) < 4.78 is 0.979. The number of piperidine rings is 1. The predicted molar refractivity (Wildman–Crippen MR) is 148 cm³/mol. The first-order valence-corrected chi connectivity index (χ1v) is 12.7. The fraction of sp³-hybridized carbons (Fsp3) is 0.296. The summed E-state index contributed by atoms with van der Waals surface area (Å²) in [7, 11) is 0. The number of nitrogen functional groups attached to an aromatic ring is 1. The minimum Gasteiger partial charge on any atom is -0.390 e. The number of rotatable bonds is 4. The molecule has 36 heavy (non-hydrogen) atoms. The smallest absolute Gasteiger partial charge is 0.165 e. The molecule has 0 radical (unpaired) electrons. The van der Waals surface area contributed by atoms with Crippen LogP contribution in [0.3, 0.4) is 0 Å². The summed E-state index contributed by atoms with van der Waals surface area (Å²) in [6.45, 7) is 7.73. The minimum absolute atomic E-state index is 0.271. The van der Waals surface area contributed by atoms with Crippen molar-refractivity contribution in [2.75, 3.05) is 23.7 Å². The molecule has 0 bridgehead atoms. The molecule has 1 fully saturated rings. The van der Waals surface area contributed by atoms with Crippen molar-refractivity contribution in [2.45, 2.75) is 39.2 Å². The van der Waals surface area contributed by atoms with Gasteiger partial charge in [-0.05, 0) is 62.2 Å². The largest absolute Gasteiger partial charge is 0.390 e. The summed E-state index contributed by atoms with van der Waals surface area (Å²) in [6, 6.07) is 14.2. The summed E-state index contributed by atoms with van der Waals surface area (Å²) in [4.78, 5) is 26.0. The number of fused-ring (bicyclic) bond motifs is 1. The number of nitrogens with zero attached hydrogens (tertiary/aromatic N) is 6. The number of nitrogens with two attached hydrogens (primary N) is 1. The fourth-order valence-electron chi connectivity index (χ4n) is 4.13. The topological polar surface area (TPSA) is 102 Å². The summed E-state index contributed by atoms with van der Waals surface area (Å²) >= 11 is 3.56. The first-order chi connectivity index (χ1) is 17.3. The molecule has 1 saturated heterocycles. The highest BCUT2D eigenvalue weighted by Gasteiger charge is 2.19. The van der Waals surface area contributed by atoms with Crippen LogP contribution in [0.2, 0.25) is 0 Å². The highest BCUT2D eigenvalue weighted by Crippen LogP contribution is 2.34. The summed E-state index contributed by atoms with van der Waals surface area (Å²) in [5.41, 5.74) is 11.2. The lowest BCUT2D eigenvalue weighted by Crippen LogP contribution is -2.34. The van der Waals surface area contributed by atoms with Gasteiger partial charge in [0.2, 0.25) is 0 Å². The van der Waals surface area contributed by atoms with Crippen LogP contribution in [0.5, 0.6) is 0 Å². The van der Waals surface area contributed by atoms with Crippen molar-refractivity contribution in [1.29, 1.82) is 0 Å². The minimum atomic E-state index is -0.271. The van der Waals surface area contributed by atoms with Crippen LogP contribution in [0.1, 0.15) is 33.6 Å². The number of pyridine rings is 2. The molecule has 3 aromatic heterocycles. The molecule has 184 valence electrons. The molecule has 1 aliphatic rings. The lowest BCUT2D eigenvalue weighted by Gasteiger charge is -2.29. The highest BCUT2D eigenvalue weighted by atomic mass is 79.9. The maximum absolute atomic E-state index is 6.24. The van der Waals surface area contributed by atoms with Gasteiger partial charge in [0.15, 0.2) is 5.65 Å². The monoisotopic (exact) mass is 545 g/mol. The van der Waals surface area contributed by atoms with Gasteiger partial charge in [-0.1, -0.05) is 33.2 Å². The standard InChI is InChI=1S/C27H28BrN7O/c1-27(2,3)36-34-20-9-11-35(12-10-20)23-8-7-18(15-30-23)22-14-21(17-5-4-6-19(28)13-17)24-25(29)31-16-32-26(24)33-22/h4-8,13-16H,9-12H2,1-3H3,(H2,29,31,32,33). The first kappa shape index (κ1) is 24.1. The van der Waals surface area contributed by atoms with Crippen molar-refractivity contribution in [3.8, 4) is 22.4 Å². The predicted octanol–water partition coefficient (Wildman–Crippen LogP) is 5.87. The highest BCUT2D eigenvalue weighted by molar-refractivity contribution is 9.10. The molecule has 0 atom stereocenters. The van der Waals surface area contributed by atoms with Gasteiger partial charge >= 0.3 is 0 Å². The van der Waals surface area contributed by atoms with E-state index in [2.05, 4.69) is 42.0 Å². The van der Waals surface area contributed by atoms with E-state index in [0.29, 0.717) is 11.5 Å². The molecular formula is C27H28BrN7O. The molecule has 1 aliphatic heterocycles. The second kappa shape index (κ2) is 9.81. The van der Waals surface area contributed by atoms with Gasteiger partial charge in [-0.3, -0.25) is 0 Å². The van der Waals surface area contributed by atoms with Crippen LogP contribution in [0.4, 0.5) is 11.6 Å². The number of hydrogen-bond acceptors (Lipinski definition) is 8. The zero-order valence-corrected chi connectivity index (χ0v) is 22.2. The van der Waals surface area contributed by atoms with E-state index in [1.165, 1.54) is 6.33 Å². The molecule has 5 rings (SSSR count). The molecule has 0 unspecified atom stereocenters. The van der Waals surface area contributed by atoms with Crippen LogP contribution in [0.25, 0.3) is 33.4 Å². The van der Waals surface area contributed by atoms with Crippen molar-refractivity contribution >= 4 is 44.3 Å². The van der Waals surface area contributed by atoms with Crippen molar-refractivity contribution in [3.63, 3.8) is 0 Å². The first-order valence-electron chi connectivity index (χ1n) is 11.9. The second-order valence-corrected chi connectivity index (χ2v) is 10.7. The van der Waals surface area contributed by atoms with Gasteiger partial charge in [0, 0.05) is 42.2 Å². The Labute approximate surface area is 218 Å². The van der Waals surface area contributed by atoms with E-state index in [9.17, 15) is 0 Å². The number of oxime groups is 1. The number of aromatic nitrogens is 4. The molecule has 4 aromatic rings. The Kier molecular flexibility index (Phi) is 6.57. The number of halogens is 1. The number of anilines is 2. The van der Waals surface area contributed by atoms with Gasteiger partial charge in [0.05, 0.1) is 16.8 Å². The van der Waals surface area contributed by atoms with E-state index in [1.54, 1.807) is 0 Å². The van der Waals surface area contributed by atoms with Gasteiger partial charge in [0.1, 0.15) is 23.6 Å². The Morgan fingerprint density at radius 2 is 1.81 bits per heavy atom. The summed E-state index contributed by atoms with van der Waals surface area (Å²) in [5, 5.41) is 5.09. The zero-order chi connectivity index (χ0) is 25.3. The molecule has 2 N–H and O–H groups in total. The molecule has 8 nitrogen and oxygen atoms in total. The van der Waals surface area contributed by atoms with E-state index in [0.717, 1.165) is 69.7 Å². The van der Waals surface area contributed by atoms with Crippen LogP contribution >= 0.6 is 15.9 Å². The Balaban J connectivity index is 1.42. The van der Waals surface area contributed by atoms with Crippen LogP contribution in [0.15, 0.2) is 64.6 Å². The van der Waals surface area contributed by atoms with Crippen molar-refractivity contribution in [3.05, 3.63) is 59.5 Å². The lowest BCUT2D eigenvalue weighted by atomic mass is 10.0. The van der Waals surface area contributed by atoms with Gasteiger partial charge in [0.25, 0.3) is 0 Å². The average Bonchev–Trinajstić information content (AvgIpc) is 2.87. The van der Waals surface area contributed by atoms with E-state index in [-0.39, 0.29) is 5.60 Å². The molecule has 1 aromatic carbocycles.